The van der Waals surface area contributed by atoms with Crippen LogP contribution in [0, 0.1) is 11.3 Å². The van der Waals surface area contributed by atoms with E-state index in [4.69, 9.17) is 5.26 Å². The lowest BCUT2D eigenvalue weighted by atomic mass is 10.2. The van der Waals surface area contributed by atoms with Gasteiger partial charge in [-0.1, -0.05) is 6.07 Å². The first-order valence-corrected chi connectivity index (χ1v) is 5.62. The Balaban J connectivity index is 3.14. The maximum atomic E-state index is 12.8. The normalized spacial score (nSPS) is 12.3. The predicted octanol–water partition coefficient (Wildman–Crippen LogP) is 4.57. The van der Waals surface area contributed by atoms with Crippen molar-refractivity contribution < 1.29 is 22.0 Å². The quantitative estimate of drug-likeness (QED) is 0.585. The molecule has 0 bridgehead atoms. The second-order valence-corrected chi connectivity index (χ2v) is 4.85. The summed E-state index contributed by atoms with van der Waals surface area (Å²) >= 11 is 2.21. The van der Waals surface area contributed by atoms with Crippen LogP contribution in [0.4, 0.5) is 22.0 Å². The topological polar surface area (TPSA) is 23.8 Å². The van der Waals surface area contributed by atoms with Crippen molar-refractivity contribution in [1.29, 1.82) is 5.26 Å². The van der Waals surface area contributed by atoms with Crippen LogP contribution in [0.15, 0.2) is 27.6 Å². The minimum atomic E-state index is -5.66. The fraction of sp³-hybridized carbons (Fsp3) is 0.222. The summed E-state index contributed by atoms with van der Waals surface area (Å²) < 4.78 is 61.7. The van der Waals surface area contributed by atoms with Crippen molar-refractivity contribution in [2.75, 3.05) is 0 Å². The van der Waals surface area contributed by atoms with Gasteiger partial charge in [0.05, 0.1) is 5.56 Å². The number of hydrogen-bond acceptors (Lipinski definition) is 2. The molecule has 0 fully saturated rings. The maximum absolute atomic E-state index is 12.8. The summed E-state index contributed by atoms with van der Waals surface area (Å²) in [6.45, 7) is 0. The van der Waals surface area contributed by atoms with Crippen molar-refractivity contribution in [1.82, 2.24) is 0 Å². The molecule has 17 heavy (non-hydrogen) atoms. The van der Waals surface area contributed by atoms with Gasteiger partial charge in [0.2, 0.25) is 0 Å². The van der Waals surface area contributed by atoms with Crippen LogP contribution < -0.4 is 0 Å². The lowest BCUT2D eigenvalue weighted by Crippen LogP contribution is -2.32. The van der Waals surface area contributed by atoms with E-state index in [-0.39, 0.29) is 10.0 Å². The lowest BCUT2D eigenvalue weighted by molar-refractivity contribution is -0.237. The number of nitriles is 1. The van der Waals surface area contributed by atoms with Gasteiger partial charge in [0.25, 0.3) is 0 Å². The molecule has 1 aromatic rings. The molecule has 0 spiro atoms. The van der Waals surface area contributed by atoms with Crippen molar-refractivity contribution in [3.05, 3.63) is 28.2 Å². The maximum Gasteiger partial charge on any atom is 0.464 e. The molecular formula is C9H3BrF5NS. The summed E-state index contributed by atoms with van der Waals surface area (Å²) in [7, 11) is 0. The van der Waals surface area contributed by atoms with Crippen LogP contribution in [-0.4, -0.2) is 11.4 Å². The molecule has 0 radical (unpaired) electrons. The summed E-state index contributed by atoms with van der Waals surface area (Å²) in [5.41, 5.74) is -0.249. The van der Waals surface area contributed by atoms with Crippen LogP contribution >= 0.6 is 27.7 Å². The zero-order valence-corrected chi connectivity index (χ0v) is 10.3. The zero-order valence-electron chi connectivity index (χ0n) is 7.86. The number of alkyl halides is 5. The Morgan fingerprint density at radius 3 is 2.24 bits per heavy atom. The van der Waals surface area contributed by atoms with E-state index < -0.39 is 28.1 Å². The molecule has 0 saturated carbocycles. The molecule has 1 aromatic carbocycles. The fourth-order valence-corrected chi connectivity index (χ4v) is 2.28. The summed E-state index contributed by atoms with van der Waals surface area (Å²) in [6.07, 6.45) is -5.66. The number of hydrogen-bond donors (Lipinski definition) is 0. The Morgan fingerprint density at radius 1 is 1.18 bits per heavy atom. The third kappa shape index (κ3) is 3.10. The van der Waals surface area contributed by atoms with Crippen LogP contribution in [-0.2, 0) is 0 Å². The Morgan fingerprint density at radius 2 is 1.76 bits per heavy atom. The Bertz CT molecular complexity index is 465. The Labute approximate surface area is 106 Å². The van der Waals surface area contributed by atoms with Gasteiger partial charge in [-0.15, -0.1) is 0 Å². The first kappa shape index (κ1) is 14.3. The van der Waals surface area contributed by atoms with Crippen LogP contribution in [0.25, 0.3) is 0 Å². The minimum Gasteiger partial charge on any atom is -0.192 e. The van der Waals surface area contributed by atoms with Crippen molar-refractivity contribution >= 4 is 27.7 Å². The highest BCUT2D eigenvalue weighted by atomic mass is 79.9. The molecule has 0 aromatic heterocycles. The lowest BCUT2D eigenvalue weighted by Gasteiger charge is -2.19. The van der Waals surface area contributed by atoms with Crippen LogP contribution in [0.3, 0.4) is 0 Å². The molecule has 0 N–H and O–H groups in total. The van der Waals surface area contributed by atoms with E-state index in [0.29, 0.717) is 0 Å². The van der Waals surface area contributed by atoms with Gasteiger partial charge in [-0.05, 0) is 39.8 Å². The van der Waals surface area contributed by atoms with Crippen molar-refractivity contribution in [3.63, 3.8) is 0 Å². The largest absolute Gasteiger partial charge is 0.464 e. The van der Waals surface area contributed by atoms with Gasteiger partial charge < -0.3 is 0 Å². The van der Waals surface area contributed by atoms with Crippen LogP contribution in [0.2, 0.25) is 0 Å². The first-order valence-electron chi connectivity index (χ1n) is 4.01. The smallest absolute Gasteiger partial charge is 0.192 e. The molecule has 8 heteroatoms. The third-order valence-electron chi connectivity index (χ3n) is 1.66. The summed E-state index contributed by atoms with van der Waals surface area (Å²) in [4.78, 5) is -0.427. The highest BCUT2D eigenvalue weighted by Crippen LogP contribution is 2.48. The van der Waals surface area contributed by atoms with E-state index in [9.17, 15) is 22.0 Å². The molecule has 0 heterocycles. The molecule has 0 aliphatic carbocycles. The van der Waals surface area contributed by atoms with Gasteiger partial charge >= 0.3 is 11.4 Å². The summed E-state index contributed by atoms with van der Waals surface area (Å²) in [5.74, 6) is 0. The van der Waals surface area contributed by atoms with Gasteiger partial charge in [0.1, 0.15) is 6.07 Å². The molecule has 0 saturated heterocycles. The van der Waals surface area contributed by atoms with Gasteiger partial charge in [0.15, 0.2) is 0 Å². The van der Waals surface area contributed by atoms with Gasteiger partial charge in [0, 0.05) is 9.37 Å². The number of nitrogens with zero attached hydrogens (tertiary/aromatic N) is 1. The number of rotatable bonds is 2. The number of thioether (sulfide) groups is 1. The summed E-state index contributed by atoms with van der Waals surface area (Å²) in [5, 5.41) is 3.75. The molecule has 0 aliphatic rings. The minimum absolute atomic E-state index is 0.169. The second-order valence-electron chi connectivity index (χ2n) is 2.84. The third-order valence-corrected chi connectivity index (χ3v) is 3.36. The molecule has 1 rings (SSSR count). The van der Waals surface area contributed by atoms with Crippen LogP contribution in [0.5, 0.6) is 0 Å². The van der Waals surface area contributed by atoms with Crippen molar-refractivity contribution in [2.45, 2.75) is 16.3 Å². The molecule has 0 unspecified atom stereocenters. The first-order chi connectivity index (χ1) is 7.69. The molecule has 0 amide bonds. The predicted molar refractivity (Wildman–Crippen MR) is 55.7 cm³/mol. The van der Waals surface area contributed by atoms with Crippen molar-refractivity contribution in [3.8, 4) is 6.07 Å². The molecule has 92 valence electrons. The van der Waals surface area contributed by atoms with E-state index >= 15 is 0 Å². The SMILES string of the molecule is N#Cc1c(Br)cccc1SC(F)(F)C(F)(F)F. The van der Waals surface area contributed by atoms with E-state index in [1.807, 2.05) is 0 Å². The Kier molecular flexibility index (Phi) is 4.04. The van der Waals surface area contributed by atoms with Gasteiger partial charge in [-0.3, -0.25) is 0 Å². The zero-order chi connectivity index (χ0) is 13.3. The monoisotopic (exact) mass is 331 g/mol. The highest BCUT2D eigenvalue weighted by Gasteiger charge is 2.58. The highest BCUT2D eigenvalue weighted by molar-refractivity contribution is 9.10. The molecule has 0 atom stereocenters. The number of halogens is 6. The molecule has 0 aliphatic heterocycles. The molecule has 1 nitrogen and oxygen atoms in total. The van der Waals surface area contributed by atoms with Gasteiger partial charge in [-0.25, -0.2) is 0 Å². The molecular weight excluding hydrogens is 329 g/mol. The standard InChI is InChI=1S/C9H3BrF5NS/c10-6-2-1-3-7(5(6)4-16)17-9(14,15)8(11,12)13/h1-3H. The fourth-order valence-electron chi connectivity index (χ4n) is 0.894. The second kappa shape index (κ2) is 4.82. The average Bonchev–Trinajstić information content (AvgIpc) is 2.15. The van der Waals surface area contributed by atoms with Crippen LogP contribution in [0.1, 0.15) is 5.56 Å². The Hall–Kier alpha value is -0.810. The number of benzene rings is 1. The van der Waals surface area contributed by atoms with Crippen molar-refractivity contribution in [2.24, 2.45) is 0 Å². The van der Waals surface area contributed by atoms with E-state index in [0.717, 1.165) is 6.07 Å². The van der Waals surface area contributed by atoms with E-state index in [1.54, 1.807) is 6.07 Å². The summed E-state index contributed by atoms with van der Waals surface area (Å²) in [6, 6.07) is 5.27. The van der Waals surface area contributed by atoms with E-state index in [1.165, 1.54) is 12.1 Å². The van der Waals surface area contributed by atoms with Gasteiger partial charge in [-0.2, -0.15) is 27.2 Å². The average molecular weight is 332 g/mol. The van der Waals surface area contributed by atoms with E-state index in [2.05, 4.69) is 15.9 Å².